The number of anilines is 2. The first-order chi connectivity index (χ1) is 16.7. The maximum absolute atomic E-state index is 12.6. The number of ether oxygens (including phenoxy) is 3. The molecule has 0 unspecified atom stereocenters. The number of amides is 3. The molecule has 0 atom stereocenters. The lowest BCUT2D eigenvalue weighted by Gasteiger charge is -2.10. The largest absolute Gasteiger partial charge is 0.573 e. The van der Waals surface area contributed by atoms with E-state index in [4.69, 9.17) is 9.47 Å². The zero-order valence-electron chi connectivity index (χ0n) is 19.2. The van der Waals surface area contributed by atoms with E-state index in [1.165, 1.54) is 12.1 Å². The third-order valence-corrected chi connectivity index (χ3v) is 4.90. The van der Waals surface area contributed by atoms with E-state index in [1.54, 1.807) is 17.9 Å². The van der Waals surface area contributed by atoms with E-state index in [0.717, 1.165) is 25.0 Å². The first-order valence-corrected chi connectivity index (χ1v) is 11.1. The number of aromatic nitrogens is 2. The monoisotopic (exact) mass is 499 g/mol. The highest BCUT2D eigenvalue weighted by atomic mass is 19.4. The molecule has 0 spiro atoms. The van der Waals surface area contributed by atoms with Gasteiger partial charge < -0.3 is 29.4 Å². The summed E-state index contributed by atoms with van der Waals surface area (Å²) in [5.74, 6) is 0.0501. The third-order valence-electron chi connectivity index (χ3n) is 4.90. The van der Waals surface area contributed by atoms with Crippen LogP contribution in [0.1, 0.15) is 29.9 Å². The van der Waals surface area contributed by atoms with Gasteiger partial charge in [0.1, 0.15) is 5.75 Å². The molecule has 0 radical (unpaired) electrons. The SMILES string of the molecule is COCCOCCCNC(=O)c1nc(NC(=O)Nc2ccc(OC(F)(F)F)cc2)cn1CC1CC1. The fourth-order valence-electron chi connectivity index (χ4n) is 3.09. The Balaban J connectivity index is 1.53. The molecule has 13 heteroatoms. The van der Waals surface area contributed by atoms with E-state index in [2.05, 4.69) is 25.7 Å². The smallest absolute Gasteiger partial charge is 0.406 e. The van der Waals surface area contributed by atoms with Gasteiger partial charge in [-0.1, -0.05) is 0 Å². The summed E-state index contributed by atoms with van der Waals surface area (Å²) in [5.41, 5.74) is 0.250. The molecule has 192 valence electrons. The summed E-state index contributed by atoms with van der Waals surface area (Å²) in [6.07, 6.45) is -0.460. The summed E-state index contributed by atoms with van der Waals surface area (Å²) in [6.45, 7) is 2.49. The Bertz CT molecular complexity index is 977. The molecule has 1 aromatic heterocycles. The van der Waals surface area contributed by atoms with Gasteiger partial charge in [-0.05, 0) is 49.4 Å². The van der Waals surface area contributed by atoms with E-state index < -0.39 is 18.1 Å². The number of nitrogens with one attached hydrogen (secondary N) is 3. The van der Waals surface area contributed by atoms with E-state index in [9.17, 15) is 22.8 Å². The number of methoxy groups -OCH3 is 1. The molecule has 1 saturated carbocycles. The Labute approximate surface area is 200 Å². The van der Waals surface area contributed by atoms with Gasteiger partial charge in [0.25, 0.3) is 5.91 Å². The summed E-state index contributed by atoms with van der Waals surface area (Å²) in [5, 5.41) is 7.84. The molecule has 1 aliphatic rings. The zero-order valence-corrected chi connectivity index (χ0v) is 19.2. The van der Waals surface area contributed by atoms with Gasteiger partial charge in [-0.15, -0.1) is 13.2 Å². The lowest BCUT2D eigenvalue weighted by molar-refractivity contribution is -0.274. The van der Waals surface area contributed by atoms with Crippen LogP contribution in [0.5, 0.6) is 5.75 Å². The van der Waals surface area contributed by atoms with Crippen LogP contribution in [0.3, 0.4) is 0 Å². The molecule has 0 bridgehead atoms. The molecule has 3 amide bonds. The van der Waals surface area contributed by atoms with Gasteiger partial charge >= 0.3 is 12.4 Å². The molecule has 2 aromatic rings. The van der Waals surface area contributed by atoms with Gasteiger partial charge in [0.15, 0.2) is 5.82 Å². The predicted molar refractivity (Wildman–Crippen MR) is 120 cm³/mol. The number of carbonyl (C=O) groups excluding carboxylic acids is 2. The van der Waals surface area contributed by atoms with Gasteiger partial charge in [0.2, 0.25) is 5.82 Å². The maximum Gasteiger partial charge on any atom is 0.573 e. The number of carbonyl (C=O) groups is 2. The number of imidazole rings is 1. The first-order valence-electron chi connectivity index (χ1n) is 11.1. The molecule has 0 aliphatic heterocycles. The second-order valence-electron chi connectivity index (χ2n) is 7.91. The molecule has 3 rings (SSSR count). The number of halogens is 3. The summed E-state index contributed by atoms with van der Waals surface area (Å²) in [6, 6.07) is 4.04. The van der Waals surface area contributed by atoms with Crippen molar-refractivity contribution in [2.75, 3.05) is 44.1 Å². The van der Waals surface area contributed by atoms with Crippen molar-refractivity contribution in [3.05, 3.63) is 36.3 Å². The molecule has 10 nitrogen and oxygen atoms in total. The quantitative estimate of drug-likeness (QED) is 0.363. The van der Waals surface area contributed by atoms with E-state index >= 15 is 0 Å². The van der Waals surface area contributed by atoms with Crippen molar-refractivity contribution in [2.45, 2.75) is 32.2 Å². The minimum Gasteiger partial charge on any atom is -0.406 e. The van der Waals surface area contributed by atoms with Crippen molar-refractivity contribution in [1.29, 1.82) is 0 Å². The Morgan fingerprint density at radius 3 is 2.51 bits per heavy atom. The van der Waals surface area contributed by atoms with Crippen LogP contribution in [0.4, 0.5) is 29.5 Å². The average Bonchev–Trinajstić information content (AvgIpc) is 3.52. The molecule has 1 aliphatic carbocycles. The van der Waals surface area contributed by atoms with E-state index in [0.29, 0.717) is 45.2 Å². The maximum atomic E-state index is 12.6. The van der Waals surface area contributed by atoms with Crippen molar-refractivity contribution in [3.8, 4) is 5.75 Å². The Morgan fingerprint density at radius 1 is 1.11 bits per heavy atom. The van der Waals surface area contributed by atoms with Crippen molar-refractivity contribution >= 4 is 23.4 Å². The number of alkyl halides is 3. The molecule has 3 N–H and O–H groups in total. The highest BCUT2D eigenvalue weighted by Crippen LogP contribution is 2.31. The summed E-state index contributed by atoms with van der Waals surface area (Å²) < 4.78 is 52.6. The van der Waals surface area contributed by atoms with Crippen LogP contribution < -0.4 is 20.7 Å². The van der Waals surface area contributed by atoms with Crippen LogP contribution in [0.2, 0.25) is 0 Å². The van der Waals surface area contributed by atoms with Crippen molar-refractivity contribution in [2.24, 2.45) is 5.92 Å². The average molecular weight is 499 g/mol. The number of rotatable bonds is 13. The topological polar surface area (TPSA) is 116 Å². The Morgan fingerprint density at radius 2 is 1.86 bits per heavy atom. The van der Waals surface area contributed by atoms with Crippen LogP contribution in [0.15, 0.2) is 30.5 Å². The minimum absolute atomic E-state index is 0.174. The Hall–Kier alpha value is -3.32. The number of hydrogen-bond donors (Lipinski definition) is 3. The van der Waals surface area contributed by atoms with Gasteiger partial charge in [-0.2, -0.15) is 0 Å². The highest BCUT2D eigenvalue weighted by molar-refractivity contribution is 5.99. The fourth-order valence-corrected chi connectivity index (χ4v) is 3.09. The van der Waals surface area contributed by atoms with Gasteiger partial charge in [-0.25, -0.2) is 9.78 Å². The predicted octanol–water partition coefficient (Wildman–Crippen LogP) is 3.62. The number of benzene rings is 1. The lowest BCUT2D eigenvalue weighted by atomic mass is 10.3. The summed E-state index contributed by atoms with van der Waals surface area (Å²) in [7, 11) is 1.59. The van der Waals surface area contributed by atoms with Crippen LogP contribution in [0, 0.1) is 5.92 Å². The molecule has 1 heterocycles. The molecule has 0 saturated heterocycles. The molecule has 1 aromatic carbocycles. The first kappa shape index (κ1) is 26.3. The number of hydrogen-bond acceptors (Lipinski definition) is 6. The fraction of sp³-hybridized carbons (Fsp3) is 0.500. The molecular formula is C22H28F3N5O5. The Kier molecular flexibility index (Phi) is 9.32. The third kappa shape index (κ3) is 9.45. The molecule has 35 heavy (non-hydrogen) atoms. The zero-order chi connectivity index (χ0) is 25.3. The second kappa shape index (κ2) is 12.4. The van der Waals surface area contributed by atoms with Crippen LogP contribution in [-0.4, -0.2) is 61.3 Å². The van der Waals surface area contributed by atoms with Crippen LogP contribution >= 0.6 is 0 Å². The van der Waals surface area contributed by atoms with Gasteiger partial charge in [0, 0.05) is 38.7 Å². The van der Waals surface area contributed by atoms with Crippen molar-refractivity contribution < 1.29 is 37.0 Å². The number of nitrogens with zero attached hydrogens (tertiary/aromatic N) is 2. The molecular weight excluding hydrogens is 471 g/mol. The second-order valence-corrected chi connectivity index (χ2v) is 7.91. The van der Waals surface area contributed by atoms with E-state index in [1.807, 2.05) is 0 Å². The number of urea groups is 1. The summed E-state index contributed by atoms with van der Waals surface area (Å²) in [4.78, 5) is 29.2. The molecule has 1 fully saturated rings. The lowest BCUT2D eigenvalue weighted by Crippen LogP contribution is -2.28. The minimum atomic E-state index is -4.80. The van der Waals surface area contributed by atoms with Crippen molar-refractivity contribution in [3.63, 3.8) is 0 Å². The van der Waals surface area contributed by atoms with Gasteiger partial charge in [0.05, 0.1) is 13.2 Å². The highest BCUT2D eigenvalue weighted by Gasteiger charge is 2.31. The van der Waals surface area contributed by atoms with Crippen LogP contribution in [0.25, 0.3) is 0 Å². The normalized spacial score (nSPS) is 13.4. The van der Waals surface area contributed by atoms with E-state index in [-0.39, 0.29) is 23.2 Å². The van der Waals surface area contributed by atoms with Gasteiger partial charge in [-0.3, -0.25) is 10.1 Å². The van der Waals surface area contributed by atoms with Crippen LogP contribution in [-0.2, 0) is 16.0 Å². The van der Waals surface area contributed by atoms with Crippen molar-refractivity contribution in [1.82, 2.24) is 14.9 Å². The standard InChI is InChI=1S/C22H28F3N5O5/c1-33-11-12-34-10-2-9-26-20(31)19-28-18(14-30(19)13-15-3-4-15)29-21(32)27-16-5-7-17(8-6-16)35-22(23,24)25/h5-8,14-15H,2-4,9-13H2,1H3,(H,26,31)(H2,27,29,32). The summed E-state index contributed by atoms with van der Waals surface area (Å²) >= 11 is 0.